The van der Waals surface area contributed by atoms with Crippen molar-refractivity contribution in [2.75, 3.05) is 35.3 Å². The number of methoxy groups -OCH3 is 1. The van der Waals surface area contributed by atoms with Gasteiger partial charge in [-0.15, -0.1) is 0 Å². The van der Waals surface area contributed by atoms with Crippen LogP contribution < -0.4 is 19.9 Å². The summed E-state index contributed by atoms with van der Waals surface area (Å²) in [6.07, 6.45) is 2.33. The molecule has 0 spiro atoms. The molecule has 2 aliphatic rings. The van der Waals surface area contributed by atoms with Crippen LogP contribution in [0.15, 0.2) is 30.5 Å². The monoisotopic (exact) mass is 355 g/mol. The lowest BCUT2D eigenvalue weighted by Crippen LogP contribution is -2.48. The maximum absolute atomic E-state index is 12.9. The van der Waals surface area contributed by atoms with E-state index in [0.717, 1.165) is 18.7 Å². The first-order valence-electron chi connectivity index (χ1n) is 8.16. The van der Waals surface area contributed by atoms with Crippen LogP contribution in [0.3, 0.4) is 0 Å². The van der Waals surface area contributed by atoms with E-state index in [1.807, 2.05) is 0 Å². The molecular weight excluding hydrogens is 338 g/mol. The molecule has 1 fully saturated rings. The summed E-state index contributed by atoms with van der Waals surface area (Å²) in [5, 5.41) is 12.0. The number of amides is 2. The number of nitrogens with one attached hydrogen (secondary N) is 1. The van der Waals surface area contributed by atoms with Crippen molar-refractivity contribution in [3.05, 3.63) is 36.2 Å². The molecule has 1 saturated heterocycles. The van der Waals surface area contributed by atoms with Crippen molar-refractivity contribution in [3.63, 3.8) is 0 Å². The second-order valence-electron chi connectivity index (χ2n) is 6.11. The molecule has 4 heterocycles. The zero-order chi connectivity index (χ0) is 18.3. The molecule has 2 amide bonds. The van der Waals surface area contributed by atoms with Crippen molar-refractivity contribution >= 4 is 29.3 Å². The van der Waals surface area contributed by atoms with Crippen LogP contribution in [0.2, 0.25) is 0 Å². The molecule has 1 atom stereocenters. The summed E-state index contributed by atoms with van der Waals surface area (Å²) in [7, 11) is 1.53. The van der Waals surface area contributed by atoms with E-state index in [1.165, 1.54) is 24.3 Å². The Balaban J connectivity index is 1.68. The Morgan fingerprint density at radius 2 is 2.19 bits per heavy atom. The van der Waals surface area contributed by atoms with Crippen molar-refractivity contribution in [3.8, 4) is 5.75 Å². The number of hydrogen-bond donors (Lipinski definition) is 2. The summed E-state index contributed by atoms with van der Waals surface area (Å²) < 4.78 is 5.14. The molecule has 134 valence electrons. The normalized spacial score (nSPS) is 17.7. The molecule has 0 radical (unpaired) electrons. The topological polar surface area (TPSA) is 108 Å². The predicted molar refractivity (Wildman–Crippen MR) is 94.1 cm³/mol. The highest BCUT2D eigenvalue weighted by atomic mass is 16.5. The van der Waals surface area contributed by atoms with Crippen molar-refractivity contribution in [1.29, 1.82) is 0 Å². The average Bonchev–Trinajstić information content (AvgIpc) is 3.06. The molecule has 0 saturated carbocycles. The predicted octanol–water partition coefficient (Wildman–Crippen LogP) is 1.81. The van der Waals surface area contributed by atoms with Crippen LogP contribution in [0, 0.1) is 0 Å². The van der Waals surface area contributed by atoms with Crippen LogP contribution in [0.1, 0.15) is 16.9 Å². The second-order valence-corrected chi connectivity index (χ2v) is 6.11. The van der Waals surface area contributed by atoms with Crippen LogP contribution in [0.25, 0.3) is 0 Å². The Morgan fingerprint density at radius 3 is 2.96 bits per heavy atom. The first-order chi connectivity index (χ1) is 12.6. The van der Waals surface area contributed by atoms with E-state index < -0.39 is 12.0 Å². The summed E-state index contributed by atoms with van der Waals surface area (Å²) in [5.74, 6) is 0.160. The van der Waals surface area contributed by atoms with Gasteiger partial charge in [0.05, 0.1) is 18.8 Å². The van der Waals surface area contributed by atoms with E-state index >= 15 is 0 Å². The summed E-state index contributed by atoms with van der Waals surface area (Å²) in [5.41, 5.74) is 0.668. The lowest BCUT2D eigenvalue weighted by atomic mass is 10.2. The van der Waals surface area contributed by atoms with Gasteiger partial charge in [0, 0.05) is 25.4 Å². The molecule has 2 aromatic rings. The lowest BCUT2D eigenvalue weighted by Gasteiger charge is -2.35. The highest BCUT2D eigenvalue weighted by Crippen LogP contribution is 2.39. The fourth-order valence-corrected chi connectivity index (χ4v) is 3.37. The number of carboxylic acid groups (broad SMARTS) is 1. The van der Waals surface area contributed by atoms with Gasteiger partial charge in [0.1, 0.15) is 11.6 Å². The number of carboxylic acids is 1. The molecule has 9 heteroatoms. The molecule has 0 unspecified atom stereocenters. The van der Waals surface area contributed by atoms with Crippen molar-refractivity contribution in [2.24, 2.45) is 0 Å². The maximum Gasteiger partial charge on any atom is 0.354 e. The SMILES string of the molecule is COc1ccnc(NC(=O)N2c3nc(C(=O)O)ccc3N3CC[C@H]2C3)c1. The van der Waals surface area contributed by atoms with Gasteiger partial charge in [0.15, 0.2) is 11.5 Å². The third-order valence-electron chi connectivity index (χ3n) is 4.59. The van der Waals surface area contributed by atoms with Crippen LogP contribution in [0.5, 0.6) is 5.75 Å². The van der Waals surface area contributed by atoms with Gasteiger partial charge >= 0.3 is 12.0 Å². The highest BCUT2D eigenvalue weighted by Gasteiger charge is 2.40. The van der Waals surface area contributed by atoms with E-state index in [2.05, 4.69) is 20.2 Å². The number of aromatic nitrogens is 2. The molecular formula is C17H17N5O4. The van der Waals surface area contributed by atoms with Crippen molar-refractivity contribution in [1.82, 2.24) is 9.97 Å². The molecule has 4 rings (SSSR count). The fraction of sp³-hybridized carbons (Fsp3) is 0.294. The summed E-state index contributed by atoms with van der Waals surface area (Å²) in [6.45, 7) is 1.49. The summed E-state index contributed by atoms with van der Waals surface area (Å²) >= 11 is 0. The Morgan fingerprint density at radius 1 is 1.35 bits per heavy atom. The zero-order valence-corrected chi connectivity index (χ0v) is 14.0. The summed E-state index contributed by atoms with van der Waals surface area (Å²) in [4.78, 5) is 36.2. The fourth-order valence-electron chi connectivity index (χ4n) is 3.37. The maximum atomic E-state index is 12.9. The first-order valence-corrected chi connectivity index (χ1v) is 8.16. The third kappa shape index (κ3) is 2.67. The van der Waals surface area contributed by atoms with Crippen molar-refractivity contribution < 1.29 is 19.4 Å². The minimum Gasteiger partial charge on any atom is -0.497 e. The standard InChI is InChI=1S/C17H17N5O4/c1-26-11-4-6-18-14(8-11)20-17(25)22-10-5-7-21(9-10)13-3-2-12(16(23)24)19-15(13)22/h2-4,6,8,10H,5,7,9H2,1H3,(H,23,24)(H,18,20,25)/t10-/m0/s1. The minimum absolute atomic E-state index is 0.0651. The van der Waals surface area contributed by atoms with Gasteiger partial charge < -0.3 is 14.7 Å². The Kier molecular flexibility index (Phi) is 3.83. The minimum atomic E-state index is -1.13. The first kappa shape index (κ1) is 16.1. The smallest absolute Gasteiger partial charge is 0.354 e. The van der Waals surface area contributed by atoms with Crippen molar-refractivity contribution in [2.45, 2.75) is 12.5 Å². The number of hydrogen-bond acceptors (Lipinski definition) is 6. The van der Waals surface area contributed by atoms with E-state index in [9.17, 15) is 14.7 Å². The molecule has 0 aliphatic carbocycles. The number of carbonyl (C=O) groups excluding carboxylic acids is 1. The number of anilines is 3. The Hall–Kier alpha value is -3.36. The molecule has 2 N–H and O–H groups in total. The zero-order valence-electron chi connectivity index (χ0n) is 14.0. The van der Waals surface area contributed by atoms with Crippen LogP contribution in [-0.2, 0) is 0 Å². The number of aromatic carboxylic acids is 1. The molecule has 26 heavy (non-hydrogen) atoms. The van der Waals surface area contributed by atoms with E-state index in [1.54, 1.807) is 18.2 Å². The van der Waals surface area contributed by atoms with Gasteiger partial charge in [0.2, 0.25) is 0 Å². The summed E-state index contributed by atoms with van der Waals surface area (Å²) in [6, 6.07) is 6.00. The van der Waals surface area contributed by atoms with Crippen LogP contribution in [0.4, 0.5) is 22.1 Å². The lowest BCUT2D eigenvalue weighted by molar-refractivity contribution is 0.0690. The second kappa shape index (κ2) is 6.17. The van der Waals surface area contributed by atoms with Gasteiger partial charge in [-0.25, -0.2) is 19.6 Å². The van der Waals surface area contributed by atoms with Crippen LogP contribution >= 0.6 is 0 Å². The Bertz CT molecular complexity index is 887. The van der Waals surface area contributed by atoms with Gasteiger partial charge in [-0.1, -0.05) is 0 Å². The van der Waals surface area contributed by atoms with E-state index in [-0.39, 0.29) is 11.7 Å². The van der Waals surface area contributed by atoms with E-state index in [4.69, 9.17) is 4.74 Å². The number of ether oxygens (including phenoxy) is 1. The molecule has 2 aliphatic heterocycles. The average molecular weight is 355 g/mol. The number of urea groups is 1. The van der Waals surface area contributed by atoms with Gasteiger partial charge in [-0.05, 0) is 24.6 Å². The molecule has 2 bridgehead atoms. The number of rotatable bonds is 3. The van der Waals surface area contributed by atoms with Gasteiger partial charge in [-0.3, -0.25) is 10.2 Å². The number of carbonyl (C=O) groups is 2. The van der Waals surface area contributed by atoms with E-state index in [0.29, 0.717) is 23.9 Å². The third-order valence-corrected chi connectivity index (χ3v) is 4.59. The van der Waals surface area contributed by atoms with Crippen LogP contribution in [-0.4, -0.2) is 53.3 Å². The Labute approximate surface area is 149 Å². The van der Waals surface area contributed by atoms with Gasteiger partial charge in [-0.2, -0.15) is 0 Å². The molecule has 0 aromatic carbocycles. The quantitative estimate of drug-likeness (QED) is 0.864. The number of nitrogens with zero attached hydrogens (tertiary/aromatic N) is 4. The number of fused-ring (bicyclic) bond motifs is 4. The molecule has 9 nitrogen and oxygen atoms in total. The van der Waals surface area contributed by atoms with Gasteiger partial charge in [0.25, 0.3) is 0 Å². The number of pyridine rings is 2. The highest BCUT2D eigenvalue weighted by molar-refractivity contribution is 6.04. The largest absolute Gasteiger partial charge is 0.497 e. The molecule has 2 aromatic heterocycles.